The van der Waals surface area contributed by atoms with Crippen molar-refractivity contribution < 1.29 is 9.53 Å². The fourth-order valence-electron chi connectivity index (χ4n) is 1.76. The summed E-state index contributed by atoms with van der Waals surface area (Å²) >= 11 is 0. The first-order valence-corrected chi connectivity index (χ1v) is 4.76. The molecule has 6 heteroatoms. The van der Waals surface area contributed by atoms with Gasteiger partial charge in [-0.2, -0.15) is 0 Å². The van der Waals surface area contributed by atoms with E-state index in [2.05, 4.69) is 10.0 Å². The van der Waals surface area contributed by atoms with Crippen molar-refractivity contribution in [3.63, 3.8) is 0 Å². The van der Waals surface area contributed by atoms with Crippen LogP contribution in [-0.4, -0.2) is 42.6 Å². The highest BCUT2D eigenvalue weighted by Gasteiger charge is 2.35. The molecule has 0 aliphatic carbocycles. The van der Waals surface area contributed by atoms with Crippen molar-refractivity contribution in [3.8, 4) is 0 Å². The van der Waals surface area contributed by atoms with Gasteiger partial charge in [-0.25, -0.2) is 0 Å². The highest BCUT2D eigenvalue weighted by Crippen LogP contribution is 2.19. The minimum atomic E-state index is -0.248. The van der Waals surface area contributed by atoms with Gasteiger partial charge in [-0.3, -0.25) is 4.79 Å². The number of carbonyl (C=O) groups is 1. The number of ether oxygens (including phenoxy) is 1. The molecule has 0 aromatic rings. The fourth-order valence-corrected chi connectivity index (χ4v) is 1.76. The number of rotatable bonds is 2. The van der Waals surface area contributed by atoms with E-state index in [4.69, 9.17) is 10.3 Å². The van der Waals surface area contributed by atoms with Crippen molar-refractivity contribution >= 4 is 5.91 Å². The van der Waals surface area contributed by atoms with E-state index in [0.29, 0.717) is 19.7 Å². The molecule has 14 heavy (non-hydrogen) atoms. The Balaban J connectivity index is 1.81. The number of hydrogen-bond acceptors (Lipinski definition) is 3. The molecule has 1 unspecified atom stereocenters. The first-order chi connectivity index (χ1) is 6.81. The summed E-state index contributed by atoms with van der Waals surface area (Å²) in [7, 11) is 0. The second-order valence-corrected chi connectivity index (χ2v) is 3.60. The third-order valence-electron chi connectivity index (χ3n) is 2.59. The Morgan fingerprint density at radius 2 is 2.36 bits per heavy atom. The second kappa shape index (κ2) is 3.86. The van der Waals surface area contributed by atoms with E-state index in [1.54, 1.807) is 4.90 Å². The van der Waals surface area contributed by atoms with Crippen molar-refractivity contribution in [2.75, 3.05) is 19.7 Å². The minimum absolute atomic E-state index is 0.0367. The van der Waals surface area contributed by atoms with Crippen LogP contribution < -0.4 is 0 Å². The molecule has 0 aromatic carbocycles. The average Bonchev–Trinajstić information content (AvgIpc) is 2.62. The maximum atomic E-state index is 11.6. The Kier molecular flexibility index (Phi) is 2.56. The lowest BCUT2D eigenvalue weighted by molar-refractivity contribution is -0.145. The van der Waals surface area contributed by atoms with E-state index in [9.17, 15) is 4.79 Å². The molecule has 0 aromatic heterocycles. The first kappa shape index (κ1) is 9.30. The normalized spacial score (nSPS) is 26.9. The summed E-state index contributed by atoms with van der Waals surface area (Å²) in [6, 6.07) is -0.0367. The summed E-state index contributed by atoms with van der Waals surface area (Å²) in [5.41, 5.74) is 8.17. The van der Waals surface area contributed by atoms with Gasteiger partial charge < -0.3 is 9.64 Å². The summed E-state index contributed by atoms with van der Waals surface area (Å²) in [4.78, 5) is 16.0. The molecule has 0 N–H and O–H groups in total. The largest absolute Gasteiger partial charge is 0.368 e. The van der Waals surface area contributed by atoms with Gasteiger partial charge in [-0.05, 0) is 18.4 Å². The van der Waals surface area contributed by atoms with E-state index in [1.807, 2.05) is 0 Å². The Bertz CT molecular complexity index is 275. The van der Waals surface area contributed by atoms with Crippen LogP contribution in [0.1, 0.15) is 12.8 Å². The molecule has 2 aliphatic heterocycles. The first-order valence-electron chi connectivity index (χ1n) is 4.76. The van der Waals surface area contributed by atoms with Gasteiger partial charge in [0.25, 0.3) is 5.91 Å². The smallest absolute Gasteiger partial charge is 0.251 e. The molecule has 0 bridgehead atoms. The molecule has 76 valence electrons. The zero-order valence-electron chi connectivity index (χ0n) is 7.80. The van der Waals surface area contributed by atoms with Crippen LogP contribution in [0.5, 0.6) is 0 Å². The molecule has 2 rings (SSSR count). The number of azide groups is 1. The third-order valence-corrected chi connectivity index (χ3v) is 2.59. The van der Waals surface area contributed by atoms with Crippen LogP contribution in [-0.2, 0) is 9.53 Å². The summed E-state index contributed by atoms with van der Waals surface area (Å²) in [6.45, 7) is 1.77. The van der Waals surface area contributed by atoms with Gasteiger partial charge >= 0.3 is 0 Å². The molecule has 2 saturated heterocycles. The van der Waals surface area contributed by atoms with Crippen molar-refractivity contribution in [3.05, 3.63) is 10.4 Å². The van der Waals surface area contributed by atoms with Crippen LogP contribution in [0, 0.1) is 0 Å². The van der Waals surface area contributed by atoms with Crippen LogP contribution in [0.3, 0.4) is 0 Å². The van der Waals surface area contributed by atoms with E-state index in [0.717, 1.165) is 12.8 Å². The topological polar surface area (TPSA) is 78.3 Å². The minimum Gasteiger partial charge on any atom is -0.368 e. The zero-order chi connectivity index (χ0) is 9.97. The molecular formula is C8H12N4O2. The second-order valence-electron chi connectivity index (χ2n) is 3.60. The predicted molar refractivity (Wildman–Crippen MR) is 48.5 cm³/mol. The van der Waals surface area contributed by atoms with Gasteiger partial charge in [0.1, 0.15) is 6.10 Å². The van der Waals surface area contributed by atoms with Gasteiger partial charge in [0.2, 0.25) is 0 Å². The lowest BCUT2D eigenvalue weighted by atomic mass is 10.1. The van der Waals surface area contributed by atoms with Crippen molar-refractivity contribution in [1.29, 1.82) is 0 Å². The SMILES string of the molecule is [N-]=[N+]=NC1CN(C(=O)C2CCCO2)C1. The molecule has 6 nitrogen and oxygen atoms in total. The summed E-state index contributed by atoms with van der Waals surface area (Å²) in [5, 5.41) is 3.53. The van der Waals surface area contributed by atoms with Crippen LogP contribution >= 0.6 is 0 Å². The van der Waals surface area contributed by atoms with Gasteiger partial charge in [0.15, 0.2) is 0 Å². The van der Waals surface area contributed by atoms with Crippen LogP contribution in [0.25, 0.3) is 10.4 Å². The quantitative estimate of drug-likeness (QED) is 0.370. The molecule has 0 radical (unpaired) electrons. The van der Waals surface area contributed by atoms with E-state index in [-0.39, 0.29) is 18.1 Å². The highest BCUT2D eigenvalue weighted by atomic mass is 16.5. The van der Waals surface area contributed by atoms with Gasteiger partial charge in [-0.1, -0.05) is 5.11 Å². The lowest BCUT2D eigenvalue weighted by Gasteiger charge is -2.37. The van der Waals surface area contributed by atoms with Crippen LogP contribution in [0.2, 0.25) is 0 Å². The molecule has 2 fully saturated rings. The maximum absolute atomic E-state index is 11.6. The van der Waals surface area contributed by atoms with Crippen molar-refractivity contribution in [2.45, 2.75) is 25.0 Å². The van der Waals surface area contributed by atoms with Crippen molar-refractivity contribution in [2.24, 2.45) is 5.11 Å². The summed E-state index contributed by atoms with van der Waals surface area (Å²) in [5.74, 6) is 0.0480. The van der Waals surface area contributed by atoms with Gasteiger partial charge in [0, 0.05) is 24.6 Å². The van der Waals surface area contributed by atoms with E-state index < -0.39 is 0 Å². The molecule has 2 aliphatic rings. The highest BCUT2D eigenvalue weighted by molar-refractivity contribution is 5.82. The molecular weight excluding hydrogens is 184 g/mol. The molecule has 1 atom stereocenters. The zero-order valence-corrected chi connectivity index (χ0v) is 7.80. The van der Waals surface area contributed by atoms with Gasteiger partial charge in [0.05, 0.1) is 6.04 Å². The van der Waals surface area contributed by atoms with E-state index >= 15 is 0 Å². The molecule has 2 heterocycles. The Hall–Kier alpha value is -1.26. The monoisotopic (exact) mass is 196 g/mol. The number of amides is 1. The number of hydrogen-bond donors (Lipinski definition) is 0. The van der Waals surface area contributed by atoms with Crippen molar-refractivity contribution in [1.82, 2.24) is 4.90 Å². The molecule has 1 amide bonds. The average molecular weight is 196 g/mol. The molecule has 0 saturated carbocycles. The lowest BCUT2D eigenvalue weighted by Crippen LogP contribution is -2.55. The van der Waals surface area contributed by atoms with Gasteiger partial charge in [-0.15, -0.1) is 0 Å². The van der Waals surface area contributed by atoms with Crippen LogP contribution in [0.4, 0.5) is 0 Å². The Morgan fingerprint density at radius 1 is 1.57 bits per heavy atom. The summed E-state index contributed by atoms with van der Waals surface area (Å²) < 4.78 is 5.27. The number of carbonyl (C=O) groups excluding carboxylic acids is 1. The van der Waals surface area contributed by atoms with E-state index in [1.165, 1.54) is 0 Å². The van der Waals surface area contributed by atoms with Crippen LogP contribution in [0.15, 0.2) is 5.11 Å². The number of nitrogens with zero attached hydrogens (tertiary/aromatic N) is 4. The third kappa shape index (κ3) is 1.66. The number of likely N-dealkylation sites (tertiary alicyclic amines) is 1. The Morgan fingerprint density at radius 3 is 2.93 bits per heavy atom. The molecule has 0 spiro atoms. The summed E-state index contributed by atoms with van der Waals surface area (Å²) in [6.07, 6.45) is 1.54. The maximum Gasteiger partial charge on any atom is 0.251 e. The fraction of sp³-hybridized carbons (Fsp3) is 0.875. The standard InChI is InChI=1S/C8H12N4O2/c9-11-10-6-4-12(5-6)8(13)7-2-1-3-14-7/h6-7H,1-5H2. The predicted octanol–water partition coefficient (Wildman–Crippen LogP) is 0.686. The Labute approximate surface area is 81.5 Å².